The van der Waals surface area contributed by atoms with Gasteiger partial charge >= 0.3 is 0 Å². The molecule has 1 aliphatic rings. The van der Waals surface area contributed by atoms with E-state index in [0.717, 1.165) is 17.8 Å². The van der Waals surface area contributed by atoms with Crippen LogP contribution in [0.5, 0.6) is 0 Å². The summed E-state index contributed by atoms with van der Waals surface area (Å²) in [5.74, 6) is -2.70. The van der Waals surface area contributed by atoms with Gasteiger partial charge in [-0.3, -0.25) is 0 Å². The van der Waals surface area contributed by atoms with E-state index in [0.29, 0.717) is 18.5 Å². The van der Waals surface area contributed by atoms with E-state index in [4.69, 9.17) is 0 Å². The molecule has 0 amide bonds. The molecule has 2 rings (SSSR count). The van der Waals surface area contributed by atoms with Crippen LogP contribution in [0, 0.1) is 6.92 Å². The van der Waals surface area contributed by atoms with Crippen LogP contribution in [0.4, 0.5) is 8.78 Å². The first-order valence-electron chi connectivity index (χ1n) is 4.78. The molecule has 1 saturated heterocycles. The number of halogens is 2. The van der Waals surface area contributed by atoms with Gasteiger partial charge < -0.3 is 5.32 Å². The largest absolute Gasteiger partial charge is 0.308 e. The number of nitrogens with one attached hydrogen (secondary N) is 1. The van der Waals surface area contributed by atoms with Gasteiger partial charge in [-0.05, 0) is 43.3 Å². The van der Waals surface area contributed by atoms with Gasteiger partial charge in [-0.15, -0.1) is 11.3 Å². The molecule has 0 radical (unpaired) electrons. The first-order chi connectivity index (χ1) is 6.62. The lowest BCUT2D eigenvalue weighted by atomic mass is 10.0. The smallest absolute Gasteiger partial charge is 0.297 e. The van der Waals surface area contributed by atoms with Crippen LogP contribution >= 0.6 is 11.3 Å². The molecule has 0 aliphatic carbocycles. The fraction of sp³-hybridized carbons (Fsp3) is 0.600. The Morgan fingerprint density at radius 2 is 2.36 bits per heavy atom. The van der Waals surface area contributed by atoms with E-state index in [9.17, 15) is 8.78 Å². The Balaban J connectivity index is 2.26. The number of hydrogen-bond acceptors (Lipinski definition) is 2. The minimum atomic E-state index is -2.70. The molecule has 1 aliphatic heterocycles. The highest BCUT2D eigenvalue weighted by atomic mass is 32.1. The molecule has 14 heavy (non-hydrogen) atoms. The van der Waals surface area contributed by atoms with E-state index in [1.165, 1.54) is 0 Å². The Morgan fingerprint density at radius 3 is 2.86 bits per heavy atom. The van der Waals surface area contributed by atoms with Crippen LogP contribution in [-0.2, 0) is 5.92 Å². The molecule has 0 saturated carbocycles. The normalized spacial score (nSPS) is 22.9. The fourth-order valence-corrected chi connectivity index (χ4v) is 2.83. The van der Waals surface area contributed by atoms with E-state index < -0.39 is 12.0 Å². The van der Waals surface area contributed by atoms with Crippen molar-refractivity contribution in [2.75, 3.05) is 6.54 Å². The second-order valence-corrected chi connectivity index (χ2v) is 4.62. The molecule has 0 spiro atoms. The summed E-state index contributed by atoms with van der Waals surface area (Å²) in [5.41, 5.74) is 0.703. The standard InChI is InChI=1S/C10H13F2NS/c1-7-4-6-14-9(7)10(11,12)8-3-2-5-13-8/h4,6,8,13H,2-3,5H2,1H3. The van der Waals surface area contributed by atoms with Crippen molar-refractivity contribution < 1.29 is 8.78 Å². The highest BCUT2D eigenvalue weighted by Gasteiger charge is 2.44. The Morgan fingerprint density at radius 1 is 1.57 bits per heavy atom. The van der Waals surface area contributed by atoms with Crippen LogP contribution in [0.3, 0.4) is 0 Å². The third-order valence-electron chi connectivity index (χ3n) is 2.66. The summed E-state index contributed by atoms with van der Waals surface area (Å²) in [6.07, 6.45) is 1.43. The summed E-state index contributed by atoms with van der Waals surface area (Å²) >= 11 is 1.15. The Hall–Kier alpha value is -0.480. The Labute approximate surface area is 86.1 Å². The second-order valence-electron chi connectivity index (χ2n) is 3.70. The summed E-state index contributed by atoms with van der Waals surface area (Å²) in [7, 11) is 0. The van der Waals surface area contributed by atoms with Crippen molar-refractivity contribution >= 4 is 11.3 Å². The van der Waals surface area contributed by atoms with E-state index in [1.54, 1.807) is 18.4 Å². The zero-order valence-electron chi connectivity index (χ0n) is 8.02. The first kappa shape index (κ1) is 10.1. The van der Waals surface area contributed by atoms with Crippen molar-refractivity contribution in [3.8, 4) is 0 Å². The van der Waals surface area contributed by atoms with E-state index in [1.807, 2.05) is 0 Å². The molecule has 1 N–H and O–H groups in total. The Kier molecular flexibility index (Phi) is 2.58. The van der Waals surface area contributed by atoms with E-state index >= 15 is 0 Å². The van der Waals surface area contributed by atoms with E-state index in [-0.39, 0.29) is 4.88 Å². The summed E-state index contributed by atoms with van der Waals surface area (Å²) in [6, 6.07) is 1.09. The summed E-state index contributed by atoms with van der Waals surface area (Å²) in [6.45, 7) is 2.46. The van der Waals surface area contributed by atoms with Gasteiger partial charge in [0.1, 0.15) is 0 Å². The average Bonchev–Trinajstić information content (AvgIpc) is 2.72. The van der Waals surface area contributed by atoms with Crippen molar-refractivity contribution in [3.05, 3.63) is 21.9 Å². The third-order valence-corrected chi connectivity index (χ3v) is 3.76. The molecular weight excluding hydrogens is 204 g/mol. The zero-order valence-corrected chi connectivity index (χ0v) is 8.83. The van der Waals surface area contributed by atoms with Crippen molar-refractivity contribution in [2.45, 2.75) is 31.7 Å². The third kappa shape index (κ3) is 1.57. The van der Waals surface area contributed by atoms with Crippen LogP contribution in [0.15, 0.2) is 11.4 Å². The predicted molar refractivity (Wildman–Crippen MR) is 54.0 cm³/mol. The van der Waals surface area contributed by atoms with E-state index in [2.05, 4.69) is 5.32 Å². The molecule has 1 nitrogen and oxygen atoms in total. The van der Waals surface area contributed by atoms with Crippen LogP contribution in [0.25, 0.3) is 0 Å². The minimum absolute atomic E-state index is 0.219. The van der Waals surface area contributed by atoms with Gasteiger partial charge in [-0.25, -0.2) is 0 Å². The minimum Gasteiger partial charge on any atom is -0.308 e. The van der Waals surface area contributed by atoms with Crippen molar-refractivity contribution in [1.82, 2.24) is 5.32 Å². The summed E-state index contributed by atoms with van der Waals surface area (Å²) < 4.78 is 27.8. The molecule has 78 valence electrons. The summed E-state index contributed by atoms with van der Waals surface area (Å²) in [4.78, 5) is 0.219. The topological polar surface area (TPSA) is 12.0 Å². The highest BCUT2D eigenvalue weighted by molar-refractivity contribution is 7.10. The summed E-state index contributed by atoms with van der Waals surface area (Å²) in [5, 5.41) is 4.60. The molecule has 4 heteroatoms. The van der Waals surface area contributed by atoms with Gasteiger partial charge in [0.25, 0.3) is 5.92 Å². The quantitative estimate of drug-likeness (QED) is 0.803. The van der Waals surface area contributed by atoms with Crippen molar-refractivity contribution in [2.24, 2.45) is 0 Å². The number of aryl methyl sites for hydroxylation is 1. The van der Waals surface area contributed by atoms with Gasteiger partial charge in [-0.2, -0.15) is 8.78 Å². The van der Waals surface area contributed by atoms with Gasteiger partial charge in [0.15, 0.2) is 0 Å². The van der Waals surface area contributed by atoms with Crippen LogP contribution < -0.4 is 5.32 Å². The maximum absolute atomic E-state index is 13.9. The monoisotopic (exact) mass is 217 g/mol. The molecule has 1 fully saturated rings. The van der Waals surface area contributed by atoms with Crippen LogP contribution in [0.1, 0.15) is 23.3 Å². The second kappa shape index (κ2) is 3.59. The first-order valence-corrected chi connectivity index (χ1v) is 5.66. The van der Waals surface area contributed by atoms with Crippen molar-refractivity contribution in [3.63, 3.8) is 0 Å². The molecule has 1 atom stereocenters. The van der Waals surface area contributed by atoms with Crippen LogP contribution in [0.2, 0.25) is 0 Å². The average molecular weight is 217 g/mol. The predicted octanol–water partition coefficient (Wildman–Crippen LogP) is 2.90. The lowest BCUT2D eigenvalue weighted by Crippen LogP contribution is -2.38. The molecule has 1 aromatic heterocycles. The number of thiophene rings is 1. The maximum atomic E-state index is 13.9. The molecule has 0 bridgehead atoms. The molecule has 0 aromatic carbocycles. The lowest BCUT2D eigenvalue weighted by Gasteiger charge is -2.22. The van der Waals surface area contributed by atoms with Gasteiger partial charge in [0.05, 0.1) is 10.9 Å². The molecule has 1 aromatic rings. The SMILES string of the molecule is Cc1ccsc1C(F)(F)C1CCCN1. The van der Waals surface area contributed by atoms with Gasteiger partial charge in [0, 0.05) is 0 Å². The molecule has 2 heterocycles. The van der Waals surface area contributed by atoms with Gasteiger partial charge in [-0.1, -0.05) is 0 Å². The molecular formula is C10H13F2NS. The van der Waals surface area contributed by atoms with Gasteiger partial charge in [0.2, 0.25) is 0 Å². The fourth-order valence-electron chi connectivity index (χ4n) is 1.87. The van der Waals surface area contributed by atoms with Crippen molar-refractivity contribution in [1.29, 1.82) is 0 Å². The number of hydrogen-bond donors (Lipinski definition) is 1. The zero-order chi connectivity index (χ0) is 10.2. The number of rotatable bonds is 2. The number of alkyl halides is 2. The van der Waals surface area contributed by atoms with Crippen LogP contribution in [-0.4, -0.2) is 12.6 Å². The highest BCUT2D eigenvalue weighted by Crippen LogP contribution is 2.39. The molecule has 1 unspecified atom stereocenters. The maximum Gasteiger partial charge on any atom is 0.297 e. The lowest BCUT2D eigenvalue weighted by molar-refractivity contribution is -0.0345. The Bertz CT molecular complexity index is 316.